The van der Waals surface area contributed by atoms with Gasteiger partial charge in [0.25, 0.3) is 5.89 Å². The Labute approximate surface area is 150 Å². The van der Waals surface area contributed by atoms with Crippen molar-refractivity contribution in [3.8, 4) is 11.5 Å². The van der Waals surface area contributed by atoms with E-state index >= 15 is 0 Å². The molecule has 2 aliphatic rings. The van der Waals surface area contributed by atoms with Crippen LogP contribution in [0.15, 0.2) is 4.52 Å². The van der Waals surface area contributed by atoms with E-state index in [9.17, 15) is 4.79 Å². The average Bonchev–Trinajstić information content (AvgIpc) is 3.17. The topological polar surface area (TPSA) is 80.5 Å². The number of anilines is 1. The molecule has 1 amide bonds. The lowest BCUT2D eigenvalue weighted by Gasteiger charge is -2.28. The molecule has 1 unspecified atom stereocenters. The van der Waals surface area contributed by atoms with Crippen LogP contribution in [0.5, 0.6) is 0 Å². The Hall–Kier alpha value is -1.77. The molecule has 2 aliphatic heterocycles. The number of amides is 1. The number of nitrogens with zero attached hydrogens (tertiary/aromatic N) is 3. The van der Waals surface area contributed by atoms with Crippen LogP contribution in [0.1, 0.15) is 29.1 Å². The van der Waals surface area contributed by atoms with Crippen LogP contribution in [0.25, 0.3) is 11.5 Å². The molecule has 25 heavy (non-hydrogen) atoms. The first-order valence-electron chi connectivity index (χ1n) is 8.64. The van der Waals surface area contributed by atoms with Crippen LogP contribution in [0.2, 0.25) is 0 Å². The van der Waals surface area contributed by atoms with Gasteiger partial charge in [0.1, 0.15) is 5.00 Å². The van der Waals surface area contributed by atoms with Crippen molar-refractivity contribution < 1.29 is 14.1 Å². The molecular weight excluding hydrogens is 340 g/mol. The van der Waals surface area contributed by atoms with Gasteiger partial charge in [-0.15, -0.1) is 11.3 Å². The predicted octanol–water partition coefficient (Wildman–Crippen LogP) is 2.46. The number of likely N-dealkylation sites (tertiary alicyclic amines) is 1. The molecule has 0 aromatic carbocycles. The summed E-state index contributed by atoms with van der Waals surface area (Å²) in [5.41, 5.74) is 2.04. The Morgan fingerprint density at radius 2 is 2.32 bits per heavy atom. The van der Waals surface area contributed by atoms with Gasteiger partial charge in [-0.25, -0.2) is 0 Å². The molecule has 0 spiro atoms. The first kappa shape index (κ1) is 16.7. The molecule has 4 heterocycles. The zero-order chi connectivity index (χ0) is 17.4. The molecule has 0 aliphatic carbocycles. The Bertz CT molecular complexity index is 785. The lowest BCUT2D eigenvalue weighted by molar-refractivity contribution is -0.121. The fourth-order valence-electron chi connectivity index (χ4n) is 3.54. The number of carbonyl (C=O) groups is 1. The molecule has 1 N–H and O–H groups in total. The zero-order valence-corrected chi connectivity index (χ0v) is 15.3. The van der Waals surface area contributed by atoms with Gasteiger partial charge in [-0.2, -0.15) is 4.98 Å². The summed E-state index contributed by atoms with van der Waals surface area (Å²) in [6.45, 7) is 4.90. The average molecular weight is 362 g/mol. The number of hydrogen-bond donors (Lipinski definition) is 1. The van der Waals surface area contributed by atoms with Gasteiger partial charge in [0.2, 0.25) is 5.91 Å². The summed E-state index contributed by atoms with van der Waals surface area (Å²) in [6.07, 6.45) is 2.78. The molecule has 134 valence electrons. The fourth-order valence-corrected chi connectivity index (χ4v) is 4.72. The van der Waals surface area contributed by atoms with Gasteiger partial charge in [-0.3, -0.25) is 4.79 Å². The highest BCUT2D eigenvalue weighted by molar-refractivity contribution is 7.17. The van der Waals surface area contributed by atoms with Gasteiger partial charge in [0, 0.05) is 11.4 Å². The Morgan fingerprint density at radius 1 is 1.44 bits per heavy atom. The van der Waals surface area contributed by atoms with Crippen molar-refractivity contribution in [2.24, 2.45) is 5.92 Å². The summed E-state index contributed by atoms with van der Waals surface area (Å²) in [4.78, 5) is 20.5. The number of piperidine rings is 1. The minimum Gasteiger partial charge on any atom is -0.376 e. The van der Waals surface area contributed by atoms with Crippen LogP contribution in [0, 0.1) is 12.8 Å². The van der Waals surface area contributed by atoms with Crippen molar-refractivity contribution in [3.05, 3.63) is 16.3 Å². The van der Waals surface area contributed by atoms with Crippen molar-refractivity contribution >= 4 is 22.2 Å². The first-order valence-corrected chi connectivity index (χ1v) is 9.46. The Morgan fingerprint density at radius 3 is 3.08 bits per heavy atom. The minimum absolute atomic E-state index is 0.0198. The summed E-state index contributed by atoms with van der Waals surface area (Å²) >= 11 is 1.56. The monoisotopic (exact) mass is 362 g/mol. The summed E-state index contributed by atoms with van der Waals surface area (Å²) in [6, 6.07) is 0. The summed E-state index contributed by atoms with van der Waals surface area (Å²) in [5, 5.41) is 7.85. The fraction of sp³-hybridized carbons (Fsp3) is 0.588. The third kappa shape index (κ3) is 3.33. The van der Waals surface area contributed by atoms with Crippen LogP contribution in [0.4, 0.5) is 5.00 Å². The van der Waals surface area contributed by atoms with Crippen LogP contribution in [-0.2, 0) is 22.6 Å². The second-order valence-corrected chi connectivity index (χ2v) is 7.85. The number of rotatable bonds is 3. The predicted molar refractivity (Wildman–Crippen MR) is 94.6 cm³/mol. The second-order valence-electron chi connectivity index (χ2n) is 6.75. The van der Waals surface area contributed by atoms with Gasteiger partial charge in [-0.1, -0.05) is 5.16 Å². The van der Waals surface area contributed by atoms with Crippen LogP contribution < -0.4 is 5.32 Å². The number of aryl methyl sites for hydroxylation is 1. The van der Waals surface area contributed by atoms with Crippen molar-refractivity contribution in [1.82, 2.24) is 15.0 Å². The third-order valence-corrected chi connectivity index (χ3v) is 5.91. The number of fused-ring (bicyclic) bond motifs is 1. The van der Waals surface area contributed by atoms with Crippen molar-refractivity contribution in [1.29, 1.82) is 0 Å². The van der Waals surface area contributed by atoms with Gasteiger partial charge >= 0.3 is 0 Å². The summed E-state index contributed by atoms with van der Waals surface area (Å²) in [5.74, 6) is 1.16. The van der Waals surface area contributed by atoms with Crippen LogP contribution >= 0.6 is 11.3 Å². The van der Waals surface area contributed by atoms with E-state index in [1.165, 1.54) is 0 Å². The van der Waals surface area contributed by atoms with E-state index in [1.54, 1.807) is 18.3 Å². The van der Waals surface area contributed by atoms with E-state index < -0.39 is 0 Å². The smallest absolute Gasteiger partial charge is 0.261 e. The second kappa shape index (κ2) is 6.86. The van der Waals surface area contributed by atoms with E-state index in [4.69, 9.17) is 9.26 Å². The third-order valence-electron chi connectivity index (χ3n) is 4.79. The number of hydrogen-bond acceptors (Lipinski definition) is 7. The largest absolute Gasteiger partial charge is 0.376 e. The SMILES string of the molecule is Cc1noc(-c2c(NC(=O)C3CCCN(C)C3)sc3c2CCOC3)n1. The van der Waals surface area contributed by atoms with Gasteiger partial charge in [0.05, 0.1) is 24.7 Å². The maximum absolute atomic E-state index is 12.8. The minimum atomic E-state index is 0.0198. The number of carbonyl (C=O) groups excluding carboxylic acids is 1. The molecule has 0 radical (unpaired) electrons. The molecular formula is C17H22N4O3S. The molecule has 7 nitrogen and oxygen atoms in total. The molecule has 4 rings (SSSR count). The van der Waals surface area contributed by atoms with E-state index in [-0.39, 0.29) is 11.8 Å². The standard InChI is InChI=1S/C17H22N4O3S/c1-10-18-16(24-20-10)14-12-5-7-23-9-13(12)25-17(14)19-15(22)11-4-3-6-21(2)8-11/h11H,3-9H2,1-2H3,(H,19,22). The van der Waals surface area contributed by atoms with E-state index in [0.29, 0.717) is 24.9 Å². The highest BCUT2D eigenvalue weighted by Crippen LogP contribution is 2.42. The van der Waals surface area contributed by atoms with E-state index in [2.05, 4.69) is 27.4 Å². The number of ether oxygens (including phenoxy) is 1. The first-order chi connectivity index (χ1) is 12.1. The lowest BCUT2D eigenvalue weighted by Crippen LogP contribution is -2.38. The molecule has 1 saturated heterocycles. The summed E-state index contributed by atoms with van der Waals surface area (Å²) in [7, 11) is 2.06. The Kier molecular flexibility index (Phi) is 4.58. The number of thiophene rings is 1. The molecule has 1 fully saturated rings. The highest BCUT2D eigenvalue weighted by atomic mass is 32.1. The van der Waals surface area contributed by atoms with Crippen molar-refractivity contribution in [2.75, 3.05) is 32.1 Å². The zero-order valence-electron chi connectivity index (χ0n) is 14.5. The molecule has 2 aromatic heterocycles. The highest BCUT2D eigenvalue weighted by Gasteiger charge is 2.29. The van der Waals surface area contributed by atoms with Gasteiger partial charge in [0.15, 0.2) is 5.82 Å². The Balaban J connectivity index is 1.64. The van der Waals surface area contributed by atoms with E-state index in [1.807, 2.05) is 0 Å². The molecule has 0 bridgehead atoms. The molecule has 2 aromatic rings. The molecule has 8 heteroatoms. The number of aromatic nitrogens is 2. The quantitative estimate of drug-likeness (QED) is 0.903. The molecule has 1 atom stereocenters. The van der Waals surface area contributed by atoms with Crippen molar-refractivity contribution in [3.63, 3.8) is 0 Å². The molecule has 0 saturated carbocycles. The van der Waals surface area contributed by atoms with E-state index in [0.717, 1.165) is 53.4 Å². The normalized spacial score (nSPS) is 21.1. The van der Waals surface area contributed by atoms with Gasteiger partial charge < -0.3 is 19.5 Å². The summed E-state index contributed by atoms with van der Waals surface area (Å²) < 4.78 is 11.0. The maximum atomic E-state index is 12.8. The van der Waals surface area contributed by atoms with Gasteiger partial charge in [-0.05, 0) is 45.3 Å². The lowest BCUT2D eigenvalue weighted by atomic mass is 9.97. The maximum Gasteiger partial charge on any atom is 0.261 e. The van der Waals surface area contributed by atoms with Crippen LogP contribution in [0.3, 0.4) is 0 Å². The van der Waals surface area contributed by atoms with Crippen molar-refractivity contribution in [2.45, 2.75) is 32.8 Å². The number of nitrogens with one attached hydrogen (secondary N) is 1. The van der Waals surface area contributed by atoms with Crippen LogP contribution in [-0.4, -0.2) is 47.7 Å².